The molecular weight excluding hydrogens is 392 g/mol. The maximum Gasteiger partial charge on any atom is 0.254 e. The highest BCUT2D eigenvalue weighted by molar-refractivity contribution is 7.07. The Hall–Kier alpha value is -2.15. The molecule has 28 heavy (non-hydrogen) atoms. The number of nitrogens with one attached hydrogen (secondary N) is 2. The standard InChI is InChI=1S/C21H23ClN4OS/c22-18-3-1-2-4-19(18)26-20(16-6-9-23-10-7-16)17(13-25-26)21(27)24-11-5-15-8-12-28-14-15/h1-4,8,12-14,16,23H,5-7,9-11H2,(H,24,27). The van der Waals surface area contributed by atoms with Gasteiger partial charge in [-0.3, -0.25) is 4.79 Å². The van der Waals surface area contributed by atoms with Crippen LogP contribution < -0.4 is 10.6 Å². The van der Waals surface area contributed by atoms with Crippen LogP contribution in [0.25, 0.3) is 5.69 Å². The average molecular weight is 415 g/mol. The van der Waals surface area contributed by atoms with Gasteiger partial charge < -0.3 is 10.6 Å². The minimum Gasteiger partial charge on any atom is -0.352 e. The first kappa shape index (κ1) is 19.2. The van der Waals surface area contributed by atoms with Gasteiger partial charge in [0.25, 0.3) is 5.91 Å². The van der Waals surface area contributed by atoms with Gasteiger partial charge in [-0.05, 0) is 66.9 Å². The highest BCUT2D eigenvalue weighted by Gasteiger charge is 2.27. The molecule has 0 atom stereocenters. The smallest absolute Gasteiger partial charge is 0.254 e. The van der Waals surface area contributed by atoms with Crippen LogP contribution in [0.1, 0.15) is 40.4 Å². The van der Waals surface area contributed by atoms with Gasteiger partial charge >= 0.3 is 0 Å². The predicted octanol–water partition coefficient (Wildman–Crippen LogP) is 4.03. The first-order chi connectivity index (χ1) is 13.7. The molecular formula is C21H23ClN4OS. The predicted molar refractivity (Wildman–Crippen MR) is 114 cm³/mol. The summed E-state index contributed by atoms with van der Waals surface area (Å²) in [4.78, 5) is 13.0. The molecule has 2 aromatic heterocycles. The van der Waals surface area contributed by atoms with Crippen molar-refractivity contribution in [3.63, 3.8) is 0 Å². The number of piperidine rings is 1. The van der Waals surface area contributed by atoms with E-state index in [4.69, 9.17) is 11.6 Å². The van der Waals surface area contributed by atoms with Crippen molar-refractivity contribution < 1.29 is 4.79 Å². The van der Waals surface area contributed by atoms with E-state index in [0.717, 1.165) is 43.7 Å². The fourth-order valence-corrected chi connectivity index (χ4v) is 4.61. The second-order valence-corrected chi connectivity index (χ2v) is 8.16. The van der Waals surface area contributed by atoms with E-state index < -0.39 is 0 Å². The third kappa shape index (κ3) is 4.14. The third-order valence-corrected chi connectivity index (χ3v) is 6.19. The number of nitrogens with zero attached hydrogens (tertiary/aromatic N) is 2. The molecule has 146 valence electrons. The van der Waals surface area contributed by atoms with Crippen LogP contribution in [0.3, 0.4) is 0 Å². The van der Waals surface area contributed by atoms with E-state index in [1.807, 2.05) is 28.9 Å². The molecule has 3 aromatic rings. The van der Waals surface area contributed by atoms with Crippen LogP contribution in [-0.2, 0) is 6.42 Å². The maximum atomic E-state index is 13.0. The summed E-state index contributed by atoms with van der Waals surface area (Å²) in [7, 11) is 0. The van der Waals surface area contributed by atoms with Gasteiger partial charge in [-0.25, -0.2) is 4.68 Å². The molecule has 0 aliphatic carbocycles. The first-order valence-corrected chi connectivity index (χ1v) is 10.9. The lowest BCUT2D eigenvalue weighted by atomic mass is 9.91. The van der Waals surface area contributed by atoms with E-state index in [9.17, 15) is 4.79 Å². The summed E-state index contributed by atoms with van der Waals surface area (Å²) < 4.78 is 1.85. The van der Waals surface area contributed by atoms with Crippen molar-refractivity contribution in [3.05, 3.63) is 69.1 Å². The number of hydrogen-bond donors (Lipinski definition) is 2. The van der Waals surface area contributed by atoms with Crippen molar-refractivity contribution in [1.29, 1.82) is 0 Å². The number of aromatic nitrogens is 2. The van der Waals surface area contributed by atoms with Crippen LogP contribution in [0.5, 0.6) is 0 Å². The molecule has 0 unspecified atom stereocenters. The zero-order chi connectivity index (χ0) is 19.3. The lowest BCUT2D eigenvalue weighted by Gasteiger charge is -2.25. The Bertz CT molecular complexity index is 932. The summed E-state index contributed by atoms with van der Waals surface area (Å²) in [5.74, 6) is 0.208. The number of carbonyl (C=O) groups is 1. The van der Waals surface area contributed by atoms with Gasteiger partial charge in [-0.15, -0.1) is 0 Å². The Morgan fingerprint density at radius 3 is 2.86 bits per heavy atom. The zero-order valence-electron chi connectivity index (χ0n) is 15.5. The van der Waals surface area contributed by atoms with Crippen LogP contribution in [0.4, 0.5) is 0 Å². The number of thiophene rings is 1. The highest BCUT2D eigenvalue weighted by Crippen LogP contribution is 2.32. The summed E-state index contributed by atoms with van der Waals surface area (Å²) in [5, 5.41) is 15.8. The number of halogens is 1. The molecule has 0 radical (unpaired) electrons. The number of para-hydroxylation sites is 1. The average Bonchev–Trinajstić information content (AvgIpc) is 3.39. The Labute approximate surface area is 173 Å². The van der Waals surface area contributed by atoms with Crippen molar-refractivity contribution in [1.82, 2.24) is 20.4 Å². The fraction of sp³-hybridized carbons (Fsp3) is 0.333. The maximum absolute atomic E-state index is 13.0. The molecule has 5 nitrogen and oxygen atoms in total. The summed E-state index contributed by atoms with van der Waals surface area (Å²) in [6, 6.07) is 9.73. The van der Waals surface area contributed by atoms with Crippen LogP contribution in [0.2, 0.25) is 5.02 Å². The lowest BCUT2D eigenvalue weighted by molar-refractivity contribution is 0.0952. The molecule has 2 N–H and O–H groups in total. The summed E-state index contributed by atoms with van der Waals surface area (Å²) in [5.41, 5.74) is 3.67. The molecule has 7 heteroatoms. The lowest BCUT2D eigenvalue weighted by Crippen LogP contribution is -2.31. The van der Waals surface area contributed by atoms with Gasteiger partial charge in [0.1, 0.15) is 0 Å². The van der Waals surface area contributed by atoms with Gasteiger partial charge in [-0.2, -0.15) is 16.4 Å². The van der Waals surface area contributed by atoms with E-state index in [1.165, 1.54) is 5.56 Å². The summed E-state index contributed by atoms with van der Waals surface area (Å²) >= 11 is 8.10. The monoisotopic (exact) mass is 414 g/mol. The molecule has 1 amide bonds. The summed E-state index contributed by atoms with van der Waals surface area (Å²) in [6.07, 6.45) is 4.47. The second kappa shape index (κ2) is 8.90. The normalized spacial score (nSPS) is 14.9. The number of benzene rings is 1. The van der Waals surface area contributed by atoms with E-state index in [2.05, 4.69) is 32.6 Å². The Morgan fingerprint density at radius 1 is 1.29 bits per heavy atom. The number of amides is 1. The molecule has 1 aliphatic heterocycles. The number of carbonyl (C=O) groups excluding carboxylic acids is 1. The van der Waals surface area contributed by atoms with Crippen LogP contribution in [0, 0.1) is 0 Å². The van der Waals surface area contributed by atoms with Gasteiger partial charge in [0.15, 0.2) is 0 Å². The SMILES string of the molecule is O=C(NCCc1ccsc1)c1cnn(-c2ccccc2Cl)c1C1CCNCC1. The van der Waals surface area contributed by atoms with E-state index in [-0.39, 0.29) is 11.8 Å². The molecule has 1 saturated heterocycles. The van der Waals surface area contributed by atoms with Crippen LogP contribution in [-0.4, -0.2) is 35.3 Å². The van der Waals surface area contributed by atoms with E-state index in [1.54, 1.807) is 17.5 Å². The zero-order valence-corrected chi connectivity index (χ0v) is 17.1. The van der Waals surface area contributed by atoms with Gasteiger partial charge in [0.05, 0.1) is 28.2 Å². The molecule has 4 rings (SSSR count). The second-order valence-electron chi connectivity index (χ2n) is 6.97. The fourth-order valence-electron chi connectivity index (χ4n) is 3.69. The molecule has 3 heterocycles. The van der Waals surface area contributed by atoms with Crippen molar-refractivity contribution in [2.75, 3.05) is 19.6 Å². The van der Waals surface area contributed by atoms with E-state index >= 15 is 0 Å². The molecule has 1 aliphatic rings. The minimum atomic E-state index is -0.0675. The third-order valence-electron chi connectivity index (χ3n) is 5.14. The molecule has 0 bridgehead atoms. The largest absolute Gasteiger partial charge is 0.352 e. The van der Waals surface area contributed by atoms with Crippen LogP contribution in [0.15, 0.2) is 47.3 Å². The van der Waals surface area contributed by atoms with Crippen molar-refractivity contribution in [2.24, 2.45) is 0 Å². The van der Waals surface area contributed by atoms with Gasteiger partial charge in [-0.1, -0.05) is 23.7 Å². The molecule has 1 aromatic carbocycles. The Kier molecular flexibility index (Phi) is 6.10. The quantitative estimate of drug-likeness (QED) is 0.640. The van der Waals surface area contributed by atoms with Crippen LogP contribution >= 0.6 is 22.9 Å². The molecule has 1 fully saturated rings. The minimum absolute atomic E-state index is 0.0675. The summed E-state index contributed by atoms with van der Waals surface area (Å²) in [6.45, 7) is 2.49. The van der Waals surface area contributed by atoms with Crippen molar-refractivity contribution in [2.45, 2.75) is 25.2 Å². The Morgan fingerprint density at radius 2 is 2.11 bits per heavy atom. The van der Waals surface area contributed by atoms with E-state index in [0.29, 0.717) is 17.1 Å². The molecule has 0 spiro atoms. The Balaban J connectivity index is 1.61. The van der Waals surface area contributed by atoms with Gasteiger partial charge in [0.2, 0.25) is 0 Å². The number of hydrogen-bond acceptors (Lipinski definition) is 4. The topological polar surface area (TPSA) is 59.0 Å². The highest BCUT2D eigenvalue weighted by atomic mass is 35.5. The van der Waals surface area contributed by atoms with Gasteiger partial charge in [0, 0.05) is 12.5 Å². The first-order valence-electron chi connectivity index (χ1n) is 9.57. The number of rotatable bonds is 6. The molecule has 0 saturated carbocycles. The van der Waals surface area contributed by atoms with Crippen molar-refractivity contribution >= 4 is 28.8 Å². The van der Waals surface area contributed by atoms with Crippen molar-refractivity contribution in [3.8, 4) is 5.69 Å².